The van der Waals surface area contributed by atoms with Crippen molar-refractivity contribution >= 4 is 12.0 Å². The van der Waals surface area contributed by atoms with Crippen LogP contribution in [0.1, 0.15) is 62.6 Å². The molecular weight excluding hydrogens is 480 g/mol. The number of phenols is 1. The van der Waals surface area contributed by atoms with Crippen molar-refractivity contribution in [1.82, 2.24) is 9.80 Å². The number of carbonyl (C=O) groups is 1. The number of benzene rings is 1. The lowest BCUT2D eigenvalue weighted by atomic mass is 9.48. The molecule has 1 spiro atoms. The predicted octanol–water partition coefficient (Wildman–Crippen LogP) is 4.12. The van der Waals surface area contributed by atoms with Crippen LogP contribution in [0.5, 0.6) is 11.5 Å². The SMILES string of the molecule is CC(C)CN(C(=O)/C=C/c1ccoc1)[C@@H]1CCC2(O)[C@H]3Cc4ccc(O)c5c4[C@@]2(CCN3CC2CC2)[C@H]1O5. The second-order valence-electron chi connectivity index (χ2n) is 12.7. The van der Waals surface area contributed by atoms with Crippen molar-refractivity contribution in [3.8, 4) is 11.5 Å². The van der Waals surface area contributed by atoms with Gasteiger partial charge in [-0.2, -0.15) is 0 Å². The molecule has 2 aromatic rings. The van der Waals surface area contributed by atoms with E-state index in [0.29, 0.717) is 25.1 Å². The second-order valence-corrected chi connectivity index (χ2v) is 12.7. The number of hydrogen-bond acceptors (Lipinski definition) is 6. The Bertz CT molecular complexity index is 1270. The van der Waals surface area contributed by atoms with E-state index in [4.69, 9.17) is 9.15 Å². The summed E-state index contributed by atoms with van der Waals surface area (Å²) in [6.45, 7) is 6.80. The highest BCUT2D eigenvalue weighted by molar-refractivity contribution is 5.92. The lowest BCUT2D eigenvalue weighted by Gasteiger charge is -2.65. The summed E-state index contributed by atoms with van der Waals surface area (Å²) < 4.78 is 11.9. The first-order valence-electron chi connectivity index (χ1n) is 14.3. The number of rotatable bonds is 7. The fraction of sp³-hybridized carbons (Fsp3) is 0.581. The molecule has 1 amide bonds. The van der Waals surface area contributed by atoms with Gasteiger partial charge in [-0.25, -0.2) is 0 Å². The van der Waals surface area contributed by atoms with Gasteiger partial charge in [-0.1, -0.05) is 19.9 Å². The summed E-state index contributed by atoms with van der Waals surface area (Å²) in [4.78, 5) is 18.2. The summed E-state index contributed by atoms with van der Waals surface area (Å²) in [5.74, 6) is 1.62. The Morgan fingerprint density at radius 2 is 2.08 bits per heavy atom. The van der Waals surface area contributed by atoms with Gasteiger partial charge in [0.2, 0.25) is 5.91 Å². The minimum Gasteiger partial charge on any atom is -0.504 e. The topological polar surface area (TPSA) is 86.4 Å². The number of phenolic OH excluding ortho intramolecular Hbond substituents is 1. The van der Waals surface area contributed by atoms with Crippen LogP contribution in [-0.2, 0) is 16.6 Å². The first kappa shape index (κ1) is 24.3. The lowest BCUT2D eigenvalue weighted by Crippen LogP contribution is -2.78. The molecule has 7 nitrogen and oxygen atoms in total. The summed E-state index contributed by atoms with van der Waals surface area (Å²) in [6, 6.07) is 5.43. The Kier molecular flexibility index (Phi) is 5.51. The van der Waals surface area contributed by atoms with Crippen LogP contribution in [-0.4, -0.2) is 69.3 Å². The Morgan fingerprint density at radius 3 is 2.82 bits per heavy atom. The zero-order valence-corrected chi connectivity index (χ0v) is 22.3. The molecular formula is C31H38N2O5. The fourth-order valence-electron chi connectivity index (χ4n) is 8.19. The largest absolute Gasteiger partial charge is 0.504 e. The molecule has 2 bridgehead atoms. The van der Waals surface area contributed by atoms with E-state index < -0.39 is 17.1 Å². The molecule has 3 fully saturated rings. The van der Waals surface area contributed by atoms with E-state index in [-0.39, 0.29) is 29.7 Å². The summed E-state index contributed by atoms with van der Waals surface area (Å²) in [6.07, 6.45) is 11.6. The average molecular weight is 519 g/mol. The molecule has 2 aliphatic heterocycles. The van der Waals surface area contributed by atoms with Gasteiger partial charge in [-0.15, -0.1) is 0 Å². The normalized spacial score (nSPS) is 33.4. The minimum atomic E-state index is -0.952. The van der Waals surface area contributed by atoms with Crippen LogP contribution in [0.3, 0.4) is 0 Å². The minimum absolute atomic E-state index is 0.0297. The van der Waals surface area contributed by atoms with Crippen LogP contribution in [0, 0.1) is 11.8 Å². The molecule has 2 saturated carbocycles. The lowest BCUT2D eigenvalue weighted by molar-refractivity contribution is -0.201. The van der Waals surface area contributed by atoms with E-state index in [1.54, 1.807) is 30.7 Å². The highest BCUT2D eigenvalue weighted by Gasteiger charge is 2.73. The molecule has 1 saturated heterocycles. The average Bonchev–Trinajstić information content (AvgIpc) is 3.40. The number of nitrogens with zero attached hydrogens (tertiary/aromatic N) is 2. The van der Waals surface area contributed by atoms with E-state index in [1.165, 1.54) is 18.4 Å². The Labute approximate surface area is 224 Å². The van der Waals surface area contributed by atoms with Gasteiger partial charge < -0.3 is 24.3 Å². The molecule has 7 rings (SSSR count). The number of carbonyl (C=O) groups excluding carboxylic acids is 1. The summed E-state index contributed by atoms with van der Waals surface area (Å²) in [5, 5.41) is 23.6. The Hall–Kier alpha value is -2.77. The summed E-state index contributed by atoms with van der Waals surface area (Å²) >= 11 is 0. The van der Waals surface area contributed by atoms with Crippen molar-refractivity contribution in [1.29, 1.82) is 0 Å². The smallest absolute Gasteiger partial charge is 0.246 e. The maximum absolute atomic E-state index is 13.7. The van der Waals surface area contributed by atoms with Crippen molar-refractivity contribution in [3.63, 3.8) is 0 Å². The molecule has 5 atom stereocenters. The molecule has 38 heavy (non-hydrogen) atoms. The zero-order valence-electron chi connectivity index (χ0n) is 22.3. The highest BCUT2D eigenvalue weighted by Crippen LogP contribution is 2.66. The molecule has 1 aromatic carbocycles. The van der Waals surface area contributed by atoms with Gasteiger partial charge >= 0.3 is 0 Å². The van der Waals surface area contributed by atoms with Gasteiger partial charge in [0.1, 0.15) is 6.10 Å². The summed E-state index contributed by atoms with van der Waals surface area (Å²) in [5.41, 5.74) is 1.44. The van der Waals surface area contributed by atoms with Crippen LogP contribution in [0.4, 0.5) is 0 Å². The molecule has 0 radical (unpaired) electrons. The number of aliphatic hydroxyl groups is 1. The van der Waals surface area contributed by atoms with Gasteiger partial charge in [0.05, 0.1) is 29.6 Å². The molecule has 202 valence electrons. The fourth-order valence-corrected chi connectivity index (χ4v) is 8.19. The quantitative estimate of drug-likeness (QED) is 0.537. The third-order valence-electron chi connectivity index (χ3n) is 9.94. The number of likely N-dealkylation sites (tertiary alicyclic amines) is 1. The number of furan rings is 1. The van der Waals surface area contributed by atoms with Gasteiger partial charge in [0, 0.05) is 36.3 Å². The molecule has 7 heteroatoms. The van der Waals surface area contributed by atoms with Crippen LogP contribution < -0.4 is 4.74 Å². The standard InChI is InChI=1S/C31H38N2O5/c1-19(2)16-33(26(35)8-5-21-10-14-37-18-21)23-9-11-31(36)25-15-22-6-7-24(34)28-27(22)30(31,29(23)38-28)12-13-32(25)17-20-3-4-20/h5-8,10,14,18-20,23,25,29,34,36H,3-4,9,11-13,15-17H2,1-2H3/b8-5+/t23-,25-,29+,30+,31?/m1/s1. The maximum atomic E-state index is 13.7. The number of hydrogen-bond donors (Lipinski definition) is 2. The number of aromatic hydroxyl groups is 1. The van der Waals surface area contributed by atoms with Crippen molar-refractivity contribution < 1.29 is 24.2 Å². The van der Waals surface area contributed by atoms with Crippen LogP contribution >= 0.6 is 0 Å². The molecule has 1 aromatic heterocycles. The van der Waals surface area contributed by atoms with Crippen molar-refractivity contribution in [2.24, 2.45) is 11.8 Å². The second kappa shape index (κ2) is 8.62. The summed E-state index contributed by atoms with van der Waals surface area (Å²) in [7, 11) is 0. The van der Waals surface area contributed by atoms with Gasteiger partial charge in [0.15, 0.2) is 11.5 Å². The van der Waals surface area contributed by atoms with Crippen LogP contribution in [0.2, 0.25) is 0 Å². The van der Waals surface area contributed by atoms with Gasteiger partial charge in [0.25, 0.3) is 0 Å². The third kappa shape index (κ3) is 3.44. The Morgan fingerprint density at radius 1 is 1.24 bits per heavy atom. The van der Waals surface area contributed by atoms with E-state index in [0.717, 1.165) is 43.0 Å². The van der Waals surface area contributed by atoms with Crippen LogP contribution in [0.15, 0.2) is 41.2 Å². The first-order chi connectivity index (χ1) is 18.3. The van der Waals surface area contributed by atoms with Crippen molar-refractivity contribution in [2.75, 3.05) is 19.6 Å². The van der Waals surface area contributed by atoms with Gasteiger partial charge in [-0.3, -0.25) is 9.69 Å². The molecule has 1 unspecified atom stereocenters. The molecule has 2 N–H and O–H groups in total. The van der Waals surface area contributed by atoms with E-state index in [9.17, 15) is 15.0 Å². The van der Waals surface area contributed by atoms with E-state index in [1.807, 2.05) is 17.0 Å². The third-order valence-corrected chi connectivity index (χ3v) is 9.94. The number of ether oxygens (including phenoxy) is 1. The van der Waals surface area contributed by atoms with E-state index in [2.05, 4.69) is 18.7 Å². The number of amides is 1. The highest BCUT2D eigenvalue weighted by atomic mass is 16.5. The monoisotopic (exact) mass is 518 g/mol. The maximum Gasteiger partial charge on any atom is 0.246 e. The predicted molar refractivity (Wildman–Crippen MR) is 143 cm³/mol. The van der Waals surface area contributed by atoms with E-state index >= 15 is 0 Å². The van der Waals surface area contributed by atoms with Crippen LogP contribution in [0.25, 0.3) is 6.08 Å². The van der Waals surface area contributed by atoms with Crippen molar-refractivity contribution in [2.45, 2.75) is 81.6 Å². The zero-order chi connectivity index (χ0) is 26.2. The Balaban J connectivity index is 1.30. The first-order valence-corrected chi connectivity index (χ1v) is 14.3. The molecule has 3 aliphatic carbocycles. The number of piperidine rings is 1. The molecule has 3 heterocycles. The van der Waals surface area contributed by atoms with Crippen molar-refractivity contribution in [3.05, 3.63) is 53.5 Å². The molecule has 5 aliphatic rings. The van der Waals surface area contributed by atoms with Gasteiger partial charge in [-0.05, 0) is 80.7 Å².